The molecule has 104 valence electrons. The van der Waals surface area contributed by atoms with E-state index in [2.05, 4.69) is 4.98 Å². The number of Topliss-reactive ketones (excluding diaryl/α,β-unsaturated/α-hetero) is 2. The molecule has 1 heterocycles. The first kappa shape index (κ1) is 15.3. The minimum Gasteiger partial charge on any atom is -0.378 e. The van der Waals surface area contributed by atoms with Crippen molar-refractivity contribution in [2.75, 3.05) is 19.0 Å². The van der Waals surface area contributed by atoms with E-state index in [1.807, 2.05) is 45.8 Å². The second-order valence-electron chi connectivity index (χ2n) is 5.89. The zero-order valence-corrected chi connectivity index (χ0v) is 12.4. The fraction of sp³-hybridized carbons (Fsp3) is 0.533. The summed E-state index contributed by atoms with van der Waals surface area (Å²) in [5.41, 5.74) is 0.965. The zero-order valence-electron chi connectivity index (χ0n) is 12.4. The van der Waals surface area contributed by atoms with Gasteiger partial charge in [-0.2, -0.15) is 0 Å². The van der Waals surface area contributed by atoms with E-state index in [1.54, 1.807) is 12.3 Å². The van der Waals surface area contributed by atoms with Crippen molar-refractivity contribution in [3.63, 3.8) is 0 Å². The summed E-state index contributed by atoms with van der Waals surface area (Å²) in [6.45, 7) is 5.60. The molecule has 1 aromatic heterocycles. The monoisotopic (exact) mass is 262 g/mol. The Kier molecular flexibility index (Phi) is 4.81. The highest BCUT2D eigenvalue weighted by Gasteiger charge is 2.22. The van der Waals surface area contributed by atoms with Crippen LogP contribution in [0.5, 0.6) is 0 Å². The molecule has 0 N–H and O–H groups in total. The lowest BCUT2D eigenvalue weighted by atomic mass is 9.87. The smallest absolute Gasteiger partial charge is 0.181 e. The lowest BCUT2D eigenvalue weighted by Crippen LogP contribution is -2.21. The number of carbonyl (C=O) groups is 2. The van der Waals surface area contributed by atoms with E-state index in [1.165, 1.54) is 0 Å². The number of ketones is 2. The number of carbonyl (C=O) groups excluding carboxylic acids is 2. The van der Waals surface area contributed by atoms with Crippen LogP contribution in [0.2, 0.25) is 0 Å². The van der Waals surface area contributed by atoms with Gasteiger partial charge in [0.1, 0.15) is 11.5 Å². The molecule has 0 radical (unpaired) electrons. The van der Waals surface area contributed by atoms with E-state index >= 15 is 0 Å². The van der Waals surface area contributed by atoms with E-state index in [9.17, 15) is 9.59 Å². The molecule has 0 fully saturated rings. The van der Waals surface area contributed by atoms with Gasteiger partial charge in [0.2, 0.25) is 0 Å². The fourth-order valence-corrected chi connectivity index (χ4v) is 1.58. The van der Waals surface area contributed by atoms with Gasteiger partial charge < -0.3 is 4.90 Å². The topological polar surface area (TPSA) is 50.3 Å². The Hall–Kier alpha value is -1.71. The molecule has 1 rings (SSSR count). The van der Waals surface area contributed by atoms with E-state index in [0.29, 0.717) is 5.69 Å². The van der Waals surface area contributed by atoms with Crippen LogP contribution in [0.1, 0.15) is 44.1 Å². The van der Waals surface area contributed by atoms with Crippen molar-refractivity contribution in [2.45, 2.75) is 33.6 Å². The summed E-state index contributed by atoms with van der Waals surface area (Å²) in [5, 5.41) is 0. The van der Waals surface area contributed by atoms with Gasteiger partial charge in [0, 0.05) is 44.2 Å². The van der Waals surface area contributed by atoms with Gasteiger partial charge in [0.05, 0.1) is 0 Å². The quantitative estimate of drug-likeness (QED) is 0.766. The number of anilines is 1. The molecule has 0 aliphatic carbocycles. The van der Waals surface area contributed by atoms with Crippen LogP contribution in [0.4, 0.5) is 5.69 Å². The van der Waals surface area contributed by atoms with Crippen LogP contribution in [0.25, 0.3) is 0 Å². The van der Waals surface area contributed by atoms with Gasteiger partial charge in [-0.3, -0.25) is 14.6 Å². The van der Waals surface area contributed by atoms with Crippen LogP contribution in [0.15, 0.2) is 18.3 Å². The number of rotatable bonds is 5. The van der Waals surface area contributed by atoms with Crippen LogP contribution in [0, 0.1) is 5.41 Å². The van der Waals surface area contributed by atoms with E-state index in [0.717, 1.165) is 5.69 Å². The number of hydrogen-bond donors (Lipinski definition) is 0. The standard InChI is InChI=1S/C15H22N2O2/c1-15(2,3)14(19)7-6-13(18)12-10-11(17(4)5)8-9-16-12/h8-10H,6-7H2,1-5H3. The third-order valence-electron chi connectivity index (χ3n) is 2.96. The number of hydrogen-bond acceptors (Lipinski definition) is 4. The van der Waals surface area contributed by atoms with Gasteiger partial charge in [-0.25, -0.2) is 0 Å². The van der Waals surface area contributed by atoms with Crippen molar-refractivity contribution in [3.05, 3.63) is 24.0 Å². The molecule has 0 bridgehead atoms. The minimum absolute atomic E-state index is 0.0821. The summed E-state index contributed by atoms with van der Waals surface area (Å²) in [4.78, 5) is 29.8. The molecule has 0 spiro atoms. The molecule has 19 heavy (non-hydrogen) atoms. The Morgan fingerprint density at radius 2 is 1.84 bits per heavy atom. The normalized spacial score (nSPS) is 11.2. The molecule has 0 amide bonds. The first-order valence-electron chi connectivity index (χ1n) is 6.41. The van der Waals surface area contributed by atoms with Crippen LogP contribution < -0.4 is 4.90 Å². The Balaban J connectivity index is 2.69. The summed E-state index contributed by atoms with van der Waals surface area (Å²) in [6.07, 6.45) is 2.12. The third kappa shape index (κ3) is 4.47. The first-order valence-corrected chi connectivity index (χ1v) is 6.41. The predicted molar refractivity (Wildman–Crippen MR) is 76.6 cm³/mol. The molecule has 0 aromatic carbocycles. The highest BCUT2D eigenvalue weighted by molar-refractivity contribution is 5.97. The Morgan fingerprint density at radius 1 is 1.21 bits per heavy atom. The molecule has 0 atom stereocenters. The number of aromatic nitrogens is 1. The number of nitrogens with zero attached hydrogens (tertiary/aromatic N) is 2. The van der Waals surface area contributed by atoms with Gasteiger partial charge in [0.25, 0.3) is 0 Å². The van der Waals surface area contributed by atoms with Gasteiger partial charge in [-0.05, 0) is 12.1 Å². The molecule has 0 unspecified atom stereocenters. The average Bonchev–Trinajstić information content (AvgIpc) is 2.34. The molecule has 4 nitrogen and oxygen atoms in total. The summed E-state index contributed by atoms with van der Waals surface area (Å²) in [6, 6.07) is 3.60. The molecule has 4 heteroatoms. The molecule has 0 saturated heterocycles. The summed E-state index contributed by atoms with van der Waals surface area (Å²) < 4.78 is 0. The van der Waals surface area contributed by atoms with Crippen LogP contribution >= 0.6 is 0 Å². The lowest BCUT2D eigenvalue weighted by molar-refractivity contribution is -0.126. The Morgan fingerprint density at radius 3 is 2.37 bits per heavy atom. The molecular weight excluding hydrogens is 240 g/mol. The Labute approximate surface area is 114 Å². The average molecular weight is 262 g/mol. The predicted octanol–water partition coefficient (Wildman–Crippen LogP) is 2.73. The van der Waals surface area contributed by atoms with E-state index in [4.69, 9.17) is 0 Å². The van der Waals surface area contributed by atoms with Gasteiger partial charge >= 0.3 is 0 Å². The molecule has 0 saturated carbocycles. The Bertz CT molecular complexity index is 473. The lowest BCUT2D eigenvalue weighted by Gasteiger charge is -2.16. The van der Waals surface area contributed by atoms with Crippen LogP contribution in [-0.4, -0.2) is 30.6 Å². The molecule has 1 aromatic rings. The minimum atomic E-state index is -0.390. The maximum absolute atomic E-state index is 12.0. The van der Waals surface area contributed by atoms with Gasteiger partial charge in [0.15, 0.2) is 5.78 Å². The van der Waals surface area contributed by atoms with Crippen molar-refractivity contribution in [1.29, 1.82) is 0 Å². The first-order chi connectivity index (χ1) is 8.71. The van der Waals surface area contributed by atoms with Crippen molar-refractivity contribution in [2.24, 2.45) is 5.41 Å². The van der Waals surface area contributed by atoms with Gasteiger partial charge in [-0.1, -0.05) is 20.8 Å². The van der Waals surface area contributed by atoms with Crippen molar-refractivity contribution in [3.8, 4) is 0 Å². The molecular formula is C15H22N2O2. The SMILES string of the molecule is CN(C)c1ccnc(C(=O)CCC(=O)C(C)(C)C)c1. The molecule has 0 aliphatic rings. The van der Waals surface area contributed by atoms with Crippen LogP contribution in [0.3, 0.4) is 0 Å². The highest BCUT2D eigenvalue weighted by Crippen LogP contribution is 2.19. The number of pyridine rings is 1. The van der Waals surface area contributed by atoms with Gasteiger partial charge in [-0.15, -0.1) is 0 Å². The largest absolute Gasteiger partial charge is 0.378 e. The maximum Gasteiger partial charge on any atom is 0.181 e. The second-order valence-corrected chi connectivity index (χ2v) is 5.89. The summed E-state index contributed by atoms with van der Waals surface area (Å²) in [5.74, 6) is 0.0194. The molecule has 0 aliphatic heterocycles. The maximum atomic E-state index is 12.0. The highest BCUT2D eigenvalue weighted by atomic mass is 16.1. The van der Waals surface area contributed by atoms with Crippen molar-refractivity contribution < 1.29 is 9.59 Å². The van der Waals surface area contributed by atoms with E-state index < -0.39 is 0 Å². The van der Waals surface area contributed by atoms with Crippen LogP contribution in [-0.2, 0) is 4.79 Å². The summed E-state index contributed by atoms with van der Waals surface area (Å²) >= 11 is 0. The van der Waals surface area contributed by atoms with Crippen molar-refractivity contribution in [1.82, 2.24) is 4.98 Å². The summed E-state index contributed by atoms with van der Waals surface area (Å²) in [7, 11) is 3.82. The third-order valence-corrected chi connectivity index (χ3v) is 2.96. The fourth-order valence-electron chi connectivity index (χ4n) is 1.58. The zero-order chi connectivity index (χ0) is 14.6. The van der Waals surface area contributed by atoms with Crippen molar-refractivity contribution >= 4 is 17.3 Å². The second kappa shape index (κ2) is 5.95. The van der Waals surface area contributed by atoms with E-state index in [-0.39, 0.29) is 29.8 Å².